The van der Waals surface area contributed by atoms with Crippen LogP contribution in [0.3, 0.4) is 0 Å². The molecule has 7 heterocycles. The van der Waals surface area contributed by atoms with Gasteiger partial charge in [-0.2, -0.15) is 9.97 Å². The number of aliphatic hydroxyl groups excluding tert-OH is 2. The van der Waals surface area contributed by atoms with Crippen molar-refractivity contribution < 1.29 is 19.7 Å². The number of fused-ring (bicyclic) bond motifs is 4. The molecule has 44 heavy (non-hydrogen) atoms. The van der Waals surface area contributed by atoms with E-state index in [2.05, 4.69) is 45.9 Å². The number of hydrogen-bond acceptors (Lipinski definition) is 14. The Hall–Kier alpha value is -4.28. The van der Waals surface area contributed by atoms with Crippen LogP contribution in [0.5, 0.6) is 0 Å². The number of thiocarbonyl (C=S) groups is 2. The molecule has 3 aliphatic rings. The minimum atomic E-state index is -1.14. The van der Waals surface area contributed by atoms with E-state index in [1.165, 1.54) is 21.8 Å². The summed E-state index contributed by atoms with van der Waals surface area (Å²) < 4.78 is 15.4. The first kappa shape index (κ1) is 28.5. The molecule has 0 spiro atoms. The van der Waals surface area contributed by atoms with Crippen molar-refractivity contribution in [2.24, 2.45) is 0 Å². The number of aliphatic hydroxyl groups is 2. The molecule has 0 aromatic carbocycles. The molecule has 0 amide bonds. The molecule has 4 aromatic heterocycles. The van der Waals surface area contributed by atoms with Crippen LogP contribution in [0.4, 0.5) is 11.9 Å². The van der Waals surface area contributed by atoms with Crippen LogP contribution in [0, 0.1) is 0 Å². The number of ether oxygens (including phenoxy) is 2. The fourth-order valence-electron chi connectivity index (χ4n) is 5.91. The second-order valence-corrected chi connectivity index (χ2v) is 11.6. The number of hydrogen-bond donors (Lipinski definition) is 9. The van der Waals surface area contributed by atoms with Crippen LogP contribution < -0.4 is 38.5 Å². The van der Waals surface area contributed by atoms with Crippen molar-refractivity contribution in [1.29, 1.82) is 0 Å². The van der Waals surface area contributed by atoms with Crippen molar-refractivity contribution >= 4 is 68.8 Å². The van der Waals surface area contributed by atoms with Gasteiger partial charge in [-0.25, -0.2) is 9.97 Å². The number of nitrogens with two attached hydrogens (primary N) is 2. The first-order valence-corrected chi connectivity index (χ1v) is 14.4. The maximum Gasteiger partial charge on any atom is 0.280 e. The Kier molecular flexibility index (Phi) is 6.93. The smallest absolute Gasteiger partial charge is 0.280 e. The Bertz CT molecular complexity index is 1770. The van der Waals surface area contributed by atoms with Gasteiger partial charge in [0.1, 0.15) is 18.3 Å². The second-order valence-electron chi connectivity index (χ2n) is 10.7. The zero-order chi connectivity index (χ0) is 30.9. The van der Waals surface area contributed by atoms with Crippen LogP contribution in [0.25, 0.3) is 22.3 Å². The standard InChI is InChI=1S/C23H27N13O6S2/c24-21-31-15-11(17(39)33-21)27-4-35(15)19-13(37)9-6(41-19)1-2-8(43)29-10-7(3-26-23(44)30-9)42-20(14(10)38)36-5-28-12-16(36)32-22(25)34-18(12)40/h4-7,9-10,13-14,19-20,37-38H,1-3H2,(H,29,43)(H2,26,30,44)(H3,24,31,33,39)(H3,25,32,34,40)/t6-,7-,9+,10?,13?,14+,19-,20-/m1/s1. The topological polar surface area (TPSA) is 274 Å². The zero-order valence-corrected chi connectivity index (χ0v) is 24.2. The molecule has 0 radical (unpaired) electrons. The number of nitrogens with one attached hydrogen (secondary N) is 5. The Balaban J connectivity index is 1.13. The molecule has 0 saturated carbocycles. The van der Waals surface area contributed by atoms with E-state index in [0.717, 1.165) is 0 Å². The molecule has 3 saturated heterocycles. The lowest BCUT2D eigenvalue weighted by molar-refractivity contribution is -0.0362. The molecular formula is C23H27N13O6S2. The third kappa shape index (κ3) is 4.73. The van der Waals surface area contributed by atoms with Crippen molar-refractivity contribution in [3.8, 4) is 0 Å². The van der Waals surface area contributed by atoms with Gasteiger partial charge in [-0.3, -0.25) is 28.7 Å². The van der Waals surface area contributed by atoms with Gasteiger partial charge in [0.25, 0.3) is 11.1 Å². The molecule has 19 nitrogen and oxygen atoms in total. The van der Waals surface area contributed by atoms with Crippen LogP contribution in [-0.4, -0.2) is 102 Å². The number of anilines is 2. The lowest BCUT2D eigenvalue weighted by atomic mass is 10.0. The van der Waals surface area contributed by atoms with Gasteiger partial charge in [-0.1, -0.05) is 12.2 Å². The normalized spacial score (nSPS) is 31.0. The van der Waals surface area contributed by atoms with Crippen molar-refractivity contribution in [2.75, 3.05) is 18.0 Å². The molecule has 4 aromatic rings. The molecule has 11 N–H and O–H groups in total. The van der Waals surface area contributed by atoms with Crippen LogP contribution in [0.1, 0.15) is 25.3 Å². The fraction of sp³-hybridized carbons (Fsp3) is 0.478. The molecule has 21 heteroatoms. The first-order chi connectivity index (χ1) is 21.1. The van der Waals surface area contributed by atoms with E-state index in [1.807, 2.05) is 0 Å². The van der Waals surface area contributed by atoms with Gasteiger partial charge in [0.05, 0.1) is 35.8 Å². The largest absolute Gasteiger partial charge is 0.386 e. The van der Waals surface area contributed by atoms with Gasteiger partial charge in [0, 0.05) is 13.0 Å². The van der Waals surface area contributed by atoms with E-state index in [4.69, 9.17) is 45.4 Å². The summed E-state index contributed by atoms with van der Waals surface area (Å²) in [6.45, 7) is 0.137. The number of nitrogen functional groups attached to an aromatic ring is 2. The van der Waals surface area contributed by atoms with Crippen molar-refractivity contribution in [3.63, 3.8) is 0 Å². The maximum absolute atomic E-state index is 12.3. The fourth-order valence-corrected chi connectivity index (χ4v) is 6.38. The van der Waals surface area contributed by atoms with E-state index in [1.54, 1.807) is 0 Å². The quantitative estimate of drug-likeness (QED) is 0.0973. The van der Waals surface area contributed by atoms with E-state index in [9.17, 15) is 19.8 Å². The molecular weight excluding hydrogens is 618 g/mol. The highest BCUT2D eigenvalue weighted by Crippen LogP contribution is 2.35. The number of H-pyrrole nitrogens is 2. The number of rotatable bonds is 2. The highest BCUT2D eigenvalue weighted by molar-refractivity contribution is 7.80. The summed E-state index contributed by atoms with van der Waals surface area (Å²) in [4.78, 5) is 46.3. The summed E-state index contributed by atoms with van der Waals surface area (Å²) in [5, 5.41) is 32.4. The Morgan fingerprint density at radius 3 is 1.93 bits per heavy atom. The molecule has 0 bridgehead atoms. The van der Waals surface area contributed by atoms with Crippen molar-refractivity contribution in [3.05, 3.63) is 33.4 Å². The van der Waals surface area contributed by atoms with Crippen molar-refractivity contribution in [1.82, 2.24) is 55.0 Å². The SMILES string of the molecule is Nc1nc2c(ncn2[C@@H]2O[C@@H]3CCC(=S)NC4[C@@H](CNC(=S)N[C@@H]3C2O)O[C@@H](n2cnc3c(=O)[nH]c(N)nc32)[C@H]4O)c(=O)[nH]1. The third-order valence-electron chi connectivity index (χ3n) is 7.94. The monoisotopic (exact) mass is 645 g/mol. The summed E-state index contributed by atoms with van der Waals surface area (Å²) in [5.41, 5.74) is 10.9. The lowest BCUT2D eigenvalue weighted by Gasteiger charge is -2.28. The summed E-state index contributed by atoms with van der Waals surface area (Å²) in [6, 6.07) is -1.35. The Morgan fingerprint density at radius 2 is 1.36 bits per heavy atom. The minimum absolute atomic E-state index is 0.0472. The minimum Gasteiger partial charge on any atom is -0.386 e. The van der Waals surface area contributed by atoms with Gasteiger partial charge in [0.2, 0.25) is 11.9 Å². The van der Waals surface area contributed by atoms with E-state index in [-0.39, 0.29) is 45.9 Å². The zero-order valence-electron chi connectivity index (χ0n) is 22.6. The molecule has 8 atom stereocenters. The summed E-state index contributed by atoms with van der Waals surface area (Å²) in [6.07, 6.45) is -2.04. The van der Waals surface area contributed by atoms with Gasteiger partial charge >= 0.3 is 0 Å². The molecule has 232 valence electrons. The van der Waals surface area contributed by atoms with E-state index in [0.29, 0.717) is 17.8 Å². The average molecular weight is 646 g/mol. The summed E-state index contributed by atoms with van der Waals surface area (Å²) >= 11 is 11.2. The Morgan fingerprint density at radius 1 is 0.841 bits per heavy atom. The first-order valence-electron chi connectivity index (χ1n) is 13.5. The summed E-state index contributed by atoms with van der Waals surface area (Å²) in [5.74, 6) is -0.205. The highest BCUT2D eigenvalue weighted by Gasteiger charge is 2.48. The number of nitrogens with zero attached hydrogens (tertiary/aromatic N) is 6. The van der Waals surface area contributed by atoms with Crippen LogP contribution in [-0.2, 0) is 9.47 Å². The number of aromatic amines is 2. The van der Waals surface area contributed by atoms with Gasteiger partial charge < -0.3 is 47.1 Å². The van der Waals surface area contributed by atoms with Gasteiger partial charge in [-0.15, -0.1) is 0 Å². The molecule has 7 rings (SSSR count). The van der Waals surface area contributed by atoms with E-state index >= 15 is 0 Å². The highest BCUT2D eigenvalue weighted by atomic mass is 32.1. The number of imidazole rings is 2. The third-order valence-corrected chi connectivity index (χ3v) is 8.53. The average Bonchev–Trinajstić information content (AvgIpc) is 3.72. The predicted molar refractivity (Wildman–Crippen MR) is 161 cm³/mol. The predicted octanol–water partition coefficient (Wildman–Crippen LogP) is -3.15. The van der Waals surface area contributed by atoms with Gasteiger partial charge in [-0.05, 0) is 18.6 Å². The van der Waals surface area contributed by atoms with Crippen LogP contribution in [0.15, 0.2) is 22.2 Å². The molecule has 2 unspecified atom stereocenters. The molecule has 3 fully saturated rings. The van der Waals surface area contributed by atoms with Crippen molar-refractivity contribution in [2.45, 2.75) is 61.8 Å². The lowest BCUT2D eigenvalue weighted by Crippen LogP contribution is -2.55. The Labute approximate surface area is 256 Å². The second kappa shape index (κ2) is 10.7. The van der Waals surface area contributed by atoms with Crippen LogP contribution in [0.2, 0.25) is 0 Å². The molecule has 3 aliphatic heterocycles. The molecule has 0 aliphatic carbocycles. The van der Waals surface area contributed by atoms with Gasteiger partial charge in [0.15, 0.2) is 39.9 Å². The maximum atomic E-state index is 12.3. The van der Waals surface area contributed by atoms with Crippen LogP contribution >= 0.6 is 24.4 Å². The number of aromatic nitrogens is 8. The van der Waals surface area contributed by atoms with E-state index < -0.39 is 60.1 Å². The summed E-state index contributed by atoms with van der Waals surface area (Å²) in [7, 11) is 0.